The van der Waals surface area contributed by atoms with Gasteiger partial charge in [0.15, 0.2) is 0 Å². The van der Waals surface area contributed by atoms with Crippen LogP contribution in [0.5, 0.6) is 0 Å². The average Bonchev–Trinajstić information content (AvgIpc) is 2.59. The maximum Gasteiger partial charge on any atom is 0.321 e. The van der Waals surface area contributed by atoms with E-state index in [-0.39, 0.29) is 0 Å². The summed E-state index contributed by atoms with van der Waals surface area (Å²) in [6, 6.07) is -1.29. The van der Waals surface area contributed by atoms with E-state index in [1.165, 1.54) is 89.9 Å². The third-order valence-corrected chi connectivity index (χ3v) is 4.27. The molecule has 6 N–H and O–H groups in total. The number of carbonyl (C=O) groups is 2. The Morgan fingerprint density at radius 1 is 0.731 bits per heavy atom. The maximum absolute atomic E-state index is 9.85. The van der Waals surface area contributed by atoms with Gasteiger partial charge in [0.2, 0.25) is 0 Å². The third kappa shape index (κ3) is 25.1. The topological polar surface area (TPSA) is 127 Å². The monoisotopic (exact) mass is 374 g/mol. The van der Waals surface area contributed by atoms with Gasteiger partial charge >= 0.3 is 11.9 Å². The van der Waals surface area contributed by atoms with Crippen molar-refractivity contribution in [3.63, 3.8) is 0 Å². The minimum atomic E-state index is -1.29. The fraction of sp³-hybridized carbons (Fsp3) is 0.900. The van der Waals surface area contributed by atoms with Crippen molar-refractivity contribution in [1.82, 2.24) is 0 Å². The number of carboxylic acids is 2. The summed E-state index contributed by atoms with van der Waals surface area (Å²) >= 11 is 0. The van der Waals surface area contributed by atoms with E-state index in [2.05, 4.69) is 6.92 Å². The number of carboxylic acid groups (broad SMARTS) is 2. The van der Waals surface area contributed by atoms with Crippen LogP contribution in [-0.4, -0.2) is 34.7 Å². The number of hydrogen-bond acceptors (Lipinski definition) is 4. The van der Waals surface area contributed by atoms with Gasteiger partial charge < -0.3 is 21.7 Å². The zero-order chi connectivity index (χ0) is 20.0. The summed E-state index contributed by atoms with van der Waals surface area (Å²) in [6.07, 6.45) is 19.3. The molecule has 0 aliphatic rings. The SMILES string of the molecule is CCCCCCCCCCCCCCCCN.N[C@@H](CC(=O)O)C(=O)O. The molecule has 0 radical (unpaired) electrons. The van der Waals surface area contributed by atoms with Crippen LogP contribution in [0.15, 0.2) is 0 Å². The molecule has 0 aliphatic carbocycles. The van der Waals surface area contributed by atoms with E-state index in [0.717, 1.165) is 6.54 Å². The summed E-state index contributed by atoms with van der Waals surface area (Å²) in [4.78, 5) is 19.6. The Morgan fingerprint density at radius 2 is 1.08 bits per heavy atom. The lowest BCUT2D eigenvalue weighted by Crippen LogP contribution is -2.32. The highest BCUT2D eigenvalue weighted by atomic mass is 16.4. The molecule has 0 heterocycles. The molecule has 0 fully saturated rings. The molecule has 26 heavy (non-hydrogen) atoms. The summed E-state index contributed by atoms with van der Waals surface area (Å²) in [5, 5.41) is 16.0. The van der Waals surface area contributed by atoms with Gasteiger partial charge in [0.1, 0.15) is 6.04 Å². The first-order chi connectivity index (χ1) is 12.5. The highest BCUT2D eigenvalue weighted by Gasteiger charge is 2.14. The van der Waals surface area contributed by atoms with Crippen molar-refractivity contribution in [2.45, 2.75) is 109 Å². The quantitative estimate of drug-likeness (QED) is 0.281. The van der Waals surface area contributed by atoms with Crippen molar-refractivity contribution >= 4 is 11.9 Å². The van der Waals surface area contributed by atoms with Crippen LogP contribution in [0.3, 0.4) is 0 Å². The summed E-state index contributed by atoms with van der Waals surface area (Å²) in [5.41, 5.74) is 10.3. The number of nitrogens with two attached hydrogens (primary N) is 2. The number of aliphatic carboxylic acids is 2. The van der Waals surface area contributed by atoms with Crippen molar-refractivity contribution in [3.8, 4) is 0 Å². The number of rotatable bonds is 17. The van der Waals surface area contributed by atoms with Crippen LogP contribution in [0.25, 0.3) is 0 Å². The summed E-state index contributed by atoms with van der Waals surface area (Å²) in [5.74, 6) is -2.50. The Bertz CT molecular complexity index is 311. The van der Waals surface area contributed by atoms with Gasteiger partial charge in [-0.1, -0.05) is 90.4 Å². The Hall–Kier alpha value is -1.14. The minimum absolute atomic E-state index is 0.532. The first kappa shape index (κ1) is 27.1. The Kier molecular flexibility index (Phi) is 22.8. The van der Waals surface area contributed by atoms with Crippen molar-refractivity contribution in [2.75, 3.05) is 6.54 Å². The minimum Gasteiger partial charge on any atom is -0.481 e. The van der Waals surface area contributed by atoms with E-state index < -0.39 is 24.4 Å². The number of unbranched alkanes of at least 4 members (excludes halogenated alkanes) is 13. The van der Waals surface area contributed by atoms with E-state index in [0.29, 0.717) is 0 Å². The van der Waals surface area contributed by atoms with Crippen LogP contribution in [0.4, 0.5) is 0 Å². The van der Waals surface area contributed by atoms with Crippen LogP contribution in [0.1, 0.15) is 103 Å². The highest BCUT2D eigenvalue weighted by Crippen LogP contribution is 2.12. The largest absolute Gasteiger partial charge is 0.481 e. The molecular weight excluding hydrogens is 332 g/mol. The number of hydrogen-bond donors (Lipinski definition) is 4. The molecule has 0 spiro atoms. The van der Waals surface area contributed by atoms with E-state index in [1.807, 2.05) is 0 Å². The Labute approximate surface area is 159 Å². The molecule has 0 rings (SSSR count). The normalized spacial score (nSPS) is 11.5. The van der Waals surface area contributed by atoms with Gasteiger partial charge in [-0.05, 0) is 13.0 Å². The van der Waals surface area contributed by atoms with Gasteiger partial charge in [-0.3, -0.25) is 9.59 Å². The molecule has 156 valence electrons. The molecule has 0 saturated carbocycles. The summed E-state index contributed by atoms with van der Waals surface area (Å²) in [7, 11) is 0. The van der Waals surface area contributed by atoms with Crippen molar-refractivity contribution in [1.29, 1.82) is 0 Å². The van der Waals surface area contributed by atoms with Crippen LogP contribution in [0.2, 0.25) is 0 Å². The molecule has 0 aromatic rings. The van der Waals surface area contributed by atoms with Gasteiger partial charge in [0.25, 0.3) is 0 Å². The molecule has 6 nitrogen and oxygen atoms in total. The fourth-order valence-corrected chi connectivity index (χ4v) is 2.61. The lowest BCUT2D eigenvalue weighted by molar-refractivity contribution is -0.144. The maximum atomic E-state index is 9.85. The van der Waals surface area contributed by atoms with Gasteiger partial charge in [-0.15, -0.1) is 0 Å². The van der Waals surface area contributed by atoms with Gasteiger partial charge in [0, 0.05) is 0 Å². The molecule has 0 aliphatic heterocycles. The predicted octanol–water partition coefficient (Wildman–Crippen LogP) is 4.30. The molecular formula is C20H42N2O4. The van der Waals surface area contributed by atoms with Crippen LogP contribution < -0.4 is 11.5 Å². The van der Waals surface area contributed by atoms with Gasteiger partial charge in [-0.25, -0.2) is 0 Å². The first-order valence-electron chi connectivity index (χ1n) is 10.4. The van der Waals surface area contributed by atoms with Crippen LogP contribution >= 0.6 is 0 Å². The third-order valence-electron chi connectivity index (χ3n) is 4.27. The van der Waals surface area contributed by atoms with E-state index in [9.17, 15) is 9.59 Å². The van der Waals surface area contributed by atoms with Gasteiger partial charge in [-0.2, -0.15) is 0 Å². The molecule has 0 aromatic heterocycles. The molecule has 0 saturated heterocycles. The molecule has 0 unspecified atom stereocenters. The highest BCUT2D eigenvalue weighted by molar-refractivity contribution is 5.80. The van der Waals surface area contributed by atoms with E-state index in [1.54, 1.807) is 0 Å². The average molecular weight is 375 g/mol. The molecule has 6 heteroatoms. The second-order valence-electron chi connectivity index (χ2n) is 6.93. The Balaban J connectivity index is 0. The standard InChI is InChI=1S/C16H35N.C4H7NO4/c1-2-3-4-5-6-7-8-9-10-11-12-13-14-15-16-17;5-2(4(8)9)1-3(6)7/h2-17H2,1H3;2H,1,5H2,(H,6,7)(H,8,9)/t;2-/m.0/s1. The first-order valence-corrected chi connectivity index (χ1v) is 10.4. The van der Waals surface area contributed by atoms with Crippen LogP contribution in [0, 0.1) is 0 Å². The molecule has 0 amide bonds. The van der Waals surface area contributed by atoms with Crippen molar-refractivity contribution in [2.24, 2.45) is 11.5 Å². The zero-order valence-electron chi connectivity index (χ0n) is 16.8. The Morgan fingerprint density at radius 3 is 1.31 bits per heavy atom. The van der Waals surface area contributed by atoms with Gasteiger partial charge in [0.05, 0.1) is 6.42 Å². The van der Waals surface area contributed by atoms with Crippen molar-refractivity contribution < 1.29 is 19.8 Å². The lowest BCUT2D eigenvalue weighted by atomic mass is 10.0. The van der Waals surface area contributed by atoms with Crippen molar-refractivity contribution in [3.05, 3.63) is 0 Å². The van der Waals surface area contributed by atoms with E-state index in [4.69, 9.17) is 21.7 Å². The summed E-state index contributed by atoms with van der Waals surface area (Å²) < 4.78 is 0. The second-order valence-corrected chi connectivity index (χ2v) is 6.93. The molecule has 1 atom stereocenters. The van der Waals surface area contributed by atoms with Crippen LogP contribution in [-0.2, 0) is 9.59 Å². The van der Waals surface area contributed by atoms with E-state index >= 15 is 0 Å². The molecule has 0 aromatic carbocycles. The lowest BCUT2D eigenvalue weighted by Gasteiger charge is -2.02. The zero-order valence-corrected chi connectivity index (χ0v) is 16.8. The summed E-state index contributed by atoms with van der Waals surface area (Å²) in [6.45, 7) is 3.16. The smallest absolute Gasteiger partial charge is 0.321 e. The predicted molar refractivity (Wildman–Crippen MR) is 107 cm³/mol. The molecule has 0 bridgehead atoms. The fourth-order valence-electron chi connectivity index (χ4n) is 2.61. The second kappa shape index (κ2) is 21.9.